The van der Waals surface area contributed by atoms with Crippen LogP contribution in [0.1, 0.15) is 19.8 Å². The number of hydrogen-bond acceptors (Lipinski definition) is 5. The van der Waals surface area contributed by atoms with Crippen LogP contribution >= 0.6 is 0 Å². The Morgan fingerprint density at radius 2 is 1.54 bits per heavy atom. The maximum atomic E-state index is 13.2. The lowest BCUT2D eigenvalue weighted by atomic mass is 10.2. The topological polar surface area (TPSA) is 103 Å². The quantitative estimate of drug-likeness (QED) is 0.383. The van der Waals surface area contributed by atoms with Gasteiger partial charge in [-0.25, -0.2) is 0 Å². The van der Waals surface area contributed by atoms with E-state index in [0.717, 1.165) is 0 Å². The number of halogens is 3. The second-order valence-electron chi connectivity index (χ2n) is 5.98. The van der Waals surface area contributed by atoms with E-state index >= 15 is 0 Å². The first-order valence-electron chi connectivity index (χ1n) is 8.49. The van der Waals surface area contributed by atoms with Gasteiger partial charge in [-0.3, -0.25) is 19.3 Å². The van der Waals surface area contributed by atoms with Gasteiger partial charge in [0, 0.05) is 65.6 Å². The van der Waals surface area contributed by atoms with E-state index < -0.39 is 30.6 Å². The minimum absolute atomic E-state index is 0.129. The van der Waals surface area contributed by atoms with Gasteiger partial charge in [-0.15, -0.1) is 0 Å². The zero-order valence-corrected chi connectivity index (χ0v) is 14.7. The lowest BCUT2D eigenvalue weighted by molar-refractivity contribution is -0.184. The number of rotatable bonds is 9. The molecule has 0 aromatic rings. The van der Waals surface area contributed by atoms with E-state index in [0.29, 0.717) is 13.1 Å². The Morgan fingerprint density at radius 1 is 1.00 bits per heavy atom. The van der Waals surface area contributed by atoms with Crippen molar-refractivity contribution >= 4 is 17.7 Å². The molecule has 0 aliphatic carbocycles. The summed E-state index contributed by atoms with van der Waals surface area (Å²) in [6.45, 7) is 2.77. The van der Waals surface area contributed by atoms with E-state index in [9.17, 15) is 27.6 Å². The molecule has 1 saturated heterocycles. The lowest BCUT2D eigenvalue weighted by Gasteiger charge is -2.35. The second-order valence-corrected chi connectivity index (χ2v) is 5.98. The van der Waals surface area contributed by atoms with Crippen LogP contribution < -0.4 is 21.3 Å². The molecule has 8 nitrogen and oxygen atoms in total. The predicted molar refractivity (Wildman–Crippen MR) is 88.2 cm³/mol. The summed E-state index contributed by atoms with van der Waals surface area (Å²) >= 11 is 0. The van der Waals surface area contributed by atoms with Crippen LogP contribution in [0, 0.1) is 0 Å². The van der Waals surface area contributed by atoms with Crippen LogP contribution in [-0.2, 0) is 14.4 Å². The number of nitrogens with one attached hydrogen (secondary N) is 4. The number of carbonyl (C=O) groups is 3. The van der Waals surface area contributed by atoms with Crippen molar-refractivity contribution in [2.75, 3.05) is 45.8 Å². The maximum Gasteiger partial charge on any atom is 0.405 e. The molecule has 4 N–H and O–H groups in total. The summed E-state index contributed by atoms with van der Waals surface area (Å²) in [7, 11) is 0. The third-order valence-corrected chi connectivity index (χ3v) is 3.86. The van der Waals surface area contributed by atoms with Crippen molar-refractivity contribution in [3.63, 3.8) is 0 Å². The molecule has 11 heteroatoms. The highest BCUT2D eigenvalue weighted by molar-refractivity contribution is 5.83. The van der Waals surface area contributed by atoms with Crippen molar-refractivity contribution < 1.29 is 27.6 Å². The van der Waals surface area contributed by atoms with E-state index in [2.05, 4.69) is 21.3 Å². The van der Waals surface area contributed by atoms with Gasteiger partial charge in [0.2, 0.25) is 17.7 Å². The third kappa shape index (κ3) is 8.99. The fourth-order valence-corrected chi connectivity index (χ4v) is 2.50. The number of alkyl halides is 3. The van der Waals surface area contributed by atoms with Gasteiger partial charge in [-0.05, 0) is 0 Å². The summed E-state index contributed by atoms with van der Waals surface area (Å²) in [6, 6.07) is -1.74. The fourth-order valence-electron chi connectivity index (χ4n) is 2.50. The summed E-state index contributed by atoms with van der Waals surface area (Å²) in [5.74, 6) is -1.23. The Morgan fingerprint density at radius 3 is 2.08 bits per heavy atom. The van der Waals surface area contributed by atoms with Gasteiger partial charge >= 0.3 is 6.18 Å². The summed E-state index contributed by atoms with van der Waals surface area (Å²) in [5, 5.41) is 10.2. The molecule has 0 saturated carbocycles. The van der Waals surface area contributed by atoms with E-state index in [1.165, 1.54) is 11.8 Å². The van der Waals surface area contributed by atoms with Crippen molar-refractivity contribution in [3.8, 4) is 0 Å². The van der Waals surface area contributed by atoms with E-state index in [1.807, 2.05) is 0 Å². The number of carbonyl (C=O) groups excluding carboxylic acids is 3. The van der Waals surface area contributed by atoms with Gasteiger partial charge in [0.25, 0.3) is 0 Å². The molecule has 150 valence electrons. The fraction of sp³-hybridized carbons (Fsp3) is 0.800. The molecule has 0 radical (unpaired) electrons. The molecule has 0 aromatic heterocycles. The van der Waals surface area contributed by atoms with Crippen LogP contribution in [0.4, 0.5) is 13.2 Å². The zero-order chi connectivity index (χ0) is 19.6. The lowest BCUT2D eigenvalue weighted by Crippen LogP contribution is -2.57. The van der Waals surface area contributed by atoms with Gasteiger partial charge in [-0.2, -0.15) is 13.2 Å². The van der Waals surface area contributed by atoms with Crippen LogP contribution in [0.2, 0.25) is 0 Å². The molecule has 1 atom stereocenters. The monoisotopic (exact) mass is 381 g/mol. The molecule has 26 heavy (non-hydrogen) atoms. The Balaban J connectivity index is 2.29. The highest BCUT2D eigenvalue weighted by Crippen LogP contribution is 2.24. The summed E-state index contributed by atoms with van der Waals surface area (Å²) in [5.41, 5.74) is 0. The molecular weight excluding hydrogens is 355 g/mol. The van der Waals surface area contributed by atoms with Crippen LogP contribution in [0.15, 0.2) is 0 Å². The Hall–Kier alpha value is -1.88. The molecule has 1 unspecified atom stereocenters. The molecule has 0 spiro atoms. The van der Waals surface area contributed by atoms with Crippen LogP contribution in [0.3, 0.4) is 0 Å². The van der Waals surface area contributed by atoms with Crippen LogP contribution in [0.5, 0.6) is 0 Å². The number of nitrogens with zero attached hydrogens (tertiary/aromatic N) is 1. The average molecular weight is 381 g/mol. The van der Waals surface area contributed by atoms with Crippen LogP contribution in [0.25, 0.3) is 0 Å². The minimum Gasteiger partial charge on any atom is -0.355 e. The highest BCUT2D eigenvalue weighted by Gasteiger charge is 2.43. The predicted octanol–water partition coefficient (Wildman–Crippen LogP) is -1.03. The van der Waals surface area contributed by atoms with Gasteiger partial charge in [0.15, 0.2) is 0 Å². The number of amides is 3. The normalized spacial score (nSPS) is 16.6. The summed E-state index contributed by atoms with van der Waals surface area (Å²) < 4.78 is 39.6. The van der Waals surface area contributed by atoms with Crippen molar-refractivity contribution in [2.24, 2.45) is 0 Å². The van der Waals surface area contributed by atoms with Gasteiger partial charge < -0.3 is 21.3 Å². The van der Waals surface area contributed by atoms with Crippen molar-refractivity contribution in [3.05, 3.63) is 0 Å². The first kappa shape index (κ1) is 22.2. The van der Waals surface area contributed by atoms with Crippen molar-refractivity contribution in [1.29, 1.82) is 0 Å². The van der Waals surface area contributed by atoms with E-state index in [-0.39, 0.29) is 44.9 Å². The standard InChI is InChI=1S/C15H26F3N5O3/c1-11(24)20-4-5-21-13(25)2-3-14(26)22-10-12(15(16,17)18)23-8-6-19-7-9-23/h12,19H,2-10H2,1H3,(H,20,24)(H,21,25)(H,22,26). The minimum atomic E-state index is -4.44. The van der Waals surface area contributed by atoms with Gasteiger partial charge in [0.1, 0.15) is 6.04 Å². The Labute approximate surface area is 150 Å². The highest BCUT2D eigenvalue weighted by atomic mass is 19.4. The number of hydrogen-bond donors (Lipinski definition) is 4. The van der Waals surface area contributed by atoms with E-state index in [1.54, 1.807) is 0 Å². The largest absolute Gasteiger partial charge is 0.405 e. The molecule has 3 amide bonds. The number of piperazine rings is 1. The molecule has 1 fully saturated rings. The summed E-state index contributed by atoms with van der Waals surface area (Å²) in [6.07, 6.45) is -4.76. The molecule has 0 bridgehead atoms. The smallest absolute Gasteiger partial charge is 0.355 e. The first-order valence-corrected chi connectivity index (χ1v) is 8.49. The first-order chi connectivity index (χ1) is 12.2. The molecule has 1 rings (SSSR count). The maximum absolute atomic E-state index is 13.2. The zero-order valence-electron chi connectivity index (χ0n) is 14.7. The Bertz CT molecular complexity index is 482. The molecule has 1 aliphatic rings. The molecular formula is C15H26F3N5O3. The van der Waals surface area contributed by atoms with Crippen molar-refractivity contribution in [1.82, 2.24) is 26.2 Å². The van der Waals surface area contributed by atoms with Crippen molar-refractivity contribution in [2.45, 2.75) is 32.0 Å². The molecule has 1 aliphatic heterocycles. The average Bonchev–Trinajstić information content (AvgIpc) is 2.56. The molecule has 0 aromatic carbocycles. The van der Waals surface area contributed by atoms with Gasteiger partial charge in [-0.1, -0.05) is 0 Å². The Kier molecular flexibility index (Phi) is 9.35. The van der Waals surface area contributed by atoms with E-state index in [4.69, 9.17) is 0 Å². The third-order valence-electron chi connectivity index (χ3n) is 3.86. The summed E-state index contributed by atoms with van der Waals surface area (Å²) in [4.78, 5) is 35.2. The molecule has 1 heterocycles. The second kappa shape index (κ2) is 11.0. The SMILES string of the molecule is CC(=O)NCCNC(=O)CCC(=O)NCC(N1CCNCC1)C(F)(F)F. The van der Waals surface area contributed by atoms with Gasteiger partial charge in [0.05, 0.1) is 0 Å². The van der Waals surface area contributed by atoms with Crippen LogP contribution in [-0.4, -0.2) is 80.7 Å².